The number of sulfonamides is 1. The van der Waals surface area contributed by atoms with Crippen LogP contribution in [0, 0.1) is 0 Å². The minimum absolute atomic E-state index is 0.232. The summed E-state index contributed by atoms with van der Waals surface area (Å²) in [6.45, 7) is 4.66. The number of rotatable bonds is 6. The zero-order chi connectivity index (χ0) is 21.1. The maximum atomic E-state index is 12.9. The molecule has 29 heavy (non-hydrogen) atoms. The number of halogens is 3. The first-order chi connectivity index (χ1) is 13.7. The lowest BCUT2D eigenvalue weighted by molar-refractivity contribution is -0.137. The van der Waals surface area contributed by atoms with E-state index in [0.717, 1.165) is 23.4 Å². The lowest BCUT2D eigenvalue weighted by Gasteiger charge is -2.34. The van der Waals surface area contributed by atoms with Crippen molar-refractivity contribution in [2.75, 3.05) is 32.8 Å². The molecule has 0 saturated carbocycles. The van der Waals surface area contributed by atoms with Crippen LogP contribution in [-0.4, -0.2) is 50.4 Å². The van der Waals surface area contributed by atoms with Crippen molar-refractivity contribution >= 4 is 10.0 Å². The molecule has 0 radical (unpaired) electrons. The fraction of sp³-hybridized carbons (Fsp3) is 0.400. The van der Waals surface area contributed by atoms with Crippen LogP contribution in [0.15, 0.2) is 53.4 Å². The van der Waals surface area contributed by atoms with E-state index >= 15 is 0 Å². The molecule has 3 rings (SSSR count). The van der Waals surface area contributed by atoms with E-state index in [4.69, 9.17) is 4.74 Å². The quantitative estimate of drug-likeness (QED) is 0.705. The molecule has 9 heteroatoms. The molecule has 1 aliphatic heterocycles. The SMILES string of the molecule is CCOc1ccc(CN2CCN(S(=O)(=O)c3cccc(C(F)(F)F)c3)CC2)cc1. The Kier molecular flexibility index (Phi) is 6.50. The van der Waals surface area contributed by atoms with Crippen LogP contribution in [0.2, 0.25) is 0 Å². The Morgan fingerprint density at radius 2 is 1.66 bits per heavy atom. The summed E-state index contributed by atoms with van der Waals surface area (Å²) in [5, 5.41) is 0. The smallest absolute Gasteiger partial charge is 0.416 e. The average Bonchev–Trinajstić information content (AvgIpc) is 2.70. The maximum Gasteiger partial charge on any atom is 0.416 e. The largest absolute Gasteiger partial charge is 0.494 e. The minimum Gasteiger partial charge on any atom is -0.494 e. The van der Waals surface area contributed by atoms with Gasteiger partial charge in [0.05, 0.1) is 17.1 Å². The first kappa shape index (κ1) is 21.6. The second-order valence-corrected chi connectivity index (χ2v) is 8.72. The van der Waals surface area contributed by atoms with Crippen molar-refractivity contribution in [2.45, 2.75) is 24.5 Å². The molecule has 0 atom stereocenters. The van der Waals surface area contributed by atoms with Crippen LogP contribution in [0.5, 0.6) is 5.75 Å². The Morgan fingerprint density at radius 3 is 2.24 bits per heavy atom. The minimum atomic E-state index is -4.58. The first-order valence-electron chi connectivity index (χ1n) is 9.31. The average molecular weight is 428 g/mol. The zero-order valence-corrected chi connectivity index (χ0v) is 16.8. The fourth-order valence-electron chi connectivity index (χ4n) is 3.23. The highest BCUT2D eigenvalue weighted by Crippen LogP contribution is 2.31. The Labute approximate surface area is 168 Å². The molecule has 2 aromatic carbocycles. The molecule has 1 fully saturated rings. The molecule has 1 aliphatic rings. The summed E-state index contributed by atoms with van der Waals surface area (Å²) in [4.78, 5) is 1.79. The van der Waals surface area contributed by atoms with Crippen molar-refractivity contribution in [1.29, 1.82) is 0 Å². The molecule has 0 unspecified atom stereocenters. The van der Waals surface area contributed by atoms with Crippen molar-refractivity contribution in [3.63, 3.8) is 0 Å². The highest BCUT2D eigenvalue weighted by atomic mass is 32.2. The number of nitrogens with zero attached hydrogens (tertiary/aromatic N) is 2. The van der Waals surface area contributed by atoms with Crippen LogP contribution >= 0.6 is 0 Å². The molecule has 1 heterocycles. The second-order valence-electron chi connectivity index (χ2n) is 6.78. The molecule has 5 nitrogen and oxygen atoms in total. The summed E-state index contributed by atoms with van der Waals surface area (Å²) in [5.41, 5.74) is 0.121. The van der Waals surface area contributed by atoms with Gasteiger partial charge in [-0.1, -0.05) is 18.2 Å². The first-order valence-corrected chi connectivity index (χ1v) is 10.8. The van der Waals surface area contributed by atoms with Crippen LogP contribution in [0.3, 0.4) is 0 Å². The van der Waals surface area contributed by atoms with E-state index in [2.05, 4.69) is 4.90 Å². The molecule has 1 saturated heterocycles. The lowest BCUT2D eigenvalue weighted by atomic mass is 10.2. The highest BCUT2D eigenvalue weighted by molar-refractivity contribution is 7.89. The van der Waals surface area contributed by atoms with E-state index in [1.807, 2.05) is 31.2 Å². The number of ether oxygens (including phenoxy) is 1. The summed E-state index contributed by atoms with van der Waals surface area (Å²) >= 11 is 0. The van der Waals surface area contributed by atoms with Gasteiger partial charge in [0.2, 0.25) is 10.0 Å². The predicted molar refractivity (Wildman–Crippen MR) is 103 cm³/mol. The molecular formula is C20H23F3N2O3S. The Bertz CT molecular complexity index is 923. The van der Waals surface area contributed by atoms with E-state index < -0.39 is 21.8 Å². The van der Waals surface area contributed by atoms with Crippen molar-refractivity contribution in [3.05, 3.63) is 59.7 Å². The van der Waals surface area contributed by atoms with Crippen LogP contribution in [-0.2, 0) is 22.7 Å². The number of hydrogen-bond donors (Lipinski definition) is 0. The topological polar surface area (TPSA) is 49.9 Å². The van der Waals surface area contributed by atoms with Crippen molar-refractivity contribution in [2.24, 2.45) is 0 Å². The highest BCUT2D eigenvalue weighted by Gasteiger charge is 2.33. The van der Waals surface area contributed by atoms with E-state index in [0.29, 0.717) is 32.3 Å². The fourth-order valence-corrected chi connectivity index (χ4v) is 4.69. The Morgan fingerprint density at radius 1 is 1.00 bits per heavy atom. The lowest BCUT2D eigenvalue weighted by Crippen LogP contribution is -2.48. The van der Waals surface area contributed by atoms with E-state index in [1.54, 1.807) is 0 Å². The van der Waals surface area contributed by atoms with E-state index in [9.17, 15) is 21.6 Å². The predicted octanol–water partition coefficient (Wildman–Crippen LogP) is 3.61. The summed E-state index contributed by atoms with van der Waals surface area (Å²) < 4.78 is 70.9. The van der Waals surface area contributed by atoms with Crippen molar-refractivity contribution < 1.29 is 26.3 Å². The molecule has 158 valence electrons. The molecule has 2 aromatic rings. The van der Waals surface area contributed by atoms with Gasteiger partial charge in [-0.15, -0.1) is 0 Å². The maximum absolute atomic E-state index is 12.9. The Balaban J connectivity index is 1.62. The summed E-state index contributed by atoms with van der Waals surface area (Å²) in [6.07, 6.45) is -4.58. The molecule has 0 amide bonds. The molecule has 0 spiro atoms. The molecule has 0 aromatic heterocycles. The normalized spacial score (nSPS) is 16.7. The van der Waals surface area contributed by atoms with Gasteiger partial charge in [0.15, 0.2) is 0 Å². The van der Waals surface area contributed by atoms with Gasteiger partial charge in [0.1, 0.15) is 5.75 Å². The van der Waals surface area contributed by atoms with Crippen LogP contribution in [0.1, 0.15) is 18.1 Å². The van der Waals surface area contributed by atoms with E-state index in [1.165, 1.54) is 10.4 Å². The van der Waals surface area contributed by atoms with Crippen LogP contribution < -0.4 is 4.74 Å². The van der Waals surface area contributed by atoms with Gasteiger partial charge in [-0.2, -0.15) is 17.5 Å². The Hall–Kier alpha value is -2.10. The molecular weight excluding hydrogens is 405 g/mol. The third-order valence-corrected chi connectivity index (χ3v) is 6.67. The third-order valence-electron chi connectivity index (χ3n) is 4.77. The van der Waals surface area contributed by atoms with Gasteiger partial charge in [-0.05, 0) is 42.8 Å². The second kappa shape index (κ2) is 8.73. The number of hydrogen-bond acceptors (Lipinski definition) is 4. The standard InChI is InChI=1S/C20H23F3N2O3S/c1-2-28-18-8-6-16(7-9-18)15-24-10-12-25(13-11-24)29(26,27)19-5-3-4-17(14-19)20(21,22)23/h3-9,14H,2,10-13,15H2,1H3. The van der Waals surface area contributed by atoms with Gasteiger partial charge in [-0.25, -0.2) is 8.42 Å². The summed E-state index contributed by atoms with van der Waals surface area (Å²) in [6, 6.07) is 11.6. The summed E-state index contributed by atoms with van der Waals surface area (Å²) in [7, 11) is -3.96. The zero-order valence-electron chi connectivity index (χ0n) is 16.0. The van der Waals surface area contributed by atoms with Gasteiger partial charge in [0.25, 0.3) is 0 Å². The number of piperazine rings is 1. The summed E-state index contributed by atoms with van der Waals surface area (Å²) in [5.74, 6) is 0.799. The molecule has 0 aliphatic carbocycles. The van der Waals surface area contributed by atoms with Gasteiger partial charge in [0, 0.05) is 32.7 Å². The van der Waals surface area contributed by atoms with Crippen molar-refractivity contribution in [3.8, 4) is 5.75 Å². The van der Waals surface area contributed by atoms with Gasteiger partial charge >= 0.3 is 6.18 Å². The van der Waals surface area contributed by atoms with E-state index in [-0.39, 0.29) is 18.0 Å². The van der Waals surface area contributed by atoms with Gasteiger partial charge in [-0.3, -0.25) is 4.90 Å². The molecule has 0 bridgehead atoms. The monoisotopic (exact) mass is 428 g/mol. The van der Waals surface area contributed by atoms with Crippen LogP contribution in [0.25, 0.3) is 0 Å². The number of benzene rings is 2. The van der Waals surface area contributed by atoms with Crippen LogP contribution in [0.4, 0.5) is 13.2 Å². The van der Waals surface area contributed by atoms with Gasteiger partial charge < -0.3 is 4.74 Å². The number of alkyl halides is 3. The molecule has 0 N–H and O–H groups in total. The third kappa shape index (κ3) is 5.29. The van der Waals surface area contributed by atoms with Crippen molar-refractivity contribution in [1.82, 2.24) is 9.21 Å².